The summed E-state index contributed by atoms with van der Waals surface area (Å²) in [5.41, 5.74) is 3.27. The molecule has 9 nitrogen and oxygen atoms in total. The van der Waals surface area contributed by atoms with Gasteiger partial charge in [0.25, 0.3) is 0 Å². The van der Waals surface area contributed by atoms with Gasteiger partial charge in [-0.05, 0) is 0 Å². The molecule has 0 radical (unpaired) electrons. The fourth-order valence-electron chi connectivity index (χ4n) is 1.55. The molecule has 3 heterocycles. The maximum Gasteiger partial charge on any atom is 0.350 e. The third kappa shape index (κ3) is 1.63. The Bertz CT molecular complexity index is 743. The van der Waals surface area contributed by atoms with Crippen LogP contribution >= 0.6 is 11.5 Å². The van der Waals surface area contributed by atoms with Crippen molar-refractivity contribution in [3.8, 4) is 0 Å². The molecule has 0 aliphatic carbocycles. The summed E-state index contributed by atoms with van der Waals surface area (Å²) in [5.74, 6) is 5.32. The molecule has 0 fully saturated rings. The second-order valence-electron chi connectivity index (χ2n) is 3.44. The molecule has 0 spiro atoms. The summed E-state index contributed by atoms with van der Waals surface area (Å²) in [6.07, 6.45) is 4.60. The first-order valence-electron chi connectivity index (χ1n) is 4.96. The van der Waals surface area contributed by atoms with Crippen molar-refractivity contribution in [3.05, 3.63) is 34.8 Å². The summed E-state index contributed by atoms with van der Waals surface area (Å²) in [6, 6.07) is 0. The van der Waals surface area contributed by atoms with Gasteiger partial charge in [-0.3, -0.25) is 4.98 Å². The number of aromatic nitrogens is 6. The lowest BCUT2D eigenvalue weighted by atomic mass is 10.4. The number of nitrogens with zero attached hydrogens (tertiary/aromatic N) is 6. The first-order valence-corrected chi connectivity index (χ1v) is 5.74. The number of anilines is 1. The fourth-order valence-corrected chi connectivity index (χ4v) is 2.03. The van der Waals surface area contributed by atoms with E-state index in [2.05, 4.69) is 25.1 Å². The Kier molecular flexibility index (Phi) is 2.50. The summed E-state index contributed by atoms with van der Waals surface area (Å²) in [6.45, 7) is 0.205. The Hall–Kier alpha value is -2.33. The Labute approximate surface area is 104 Å². The minimum atomic E-state index is -0.261. The van der Waals surface area contributed by atoms with Crippen LogP contribution in [-0.2, 0) is 6.54 Å². The van der Waals surface area contributed by atoms with Crippen molar-refractivity contribution in [3.63, 3.8) is 0 Å². The summed E-state index contributed by atoms with van der Waals surface area (Å²) >= 11 is 1.12. The van der Waals surface area contributed by atoms with E-state index >= 15 is 0 Å². The minimum absolute atomic E-state index is 0.205. The van der Waals surface area contributed by atoms with Crippen LogP contribution < -0.4 is 17.0 Å². The lowest BCUT2D eigenvalue weighted by Gasteiger charge is -1.98. The largest absolute Gasteiger partial charge is 0.350 e. The van der Waals surface area contributed by atoms with Crippen molar-refractivity contribution < 1.29 is 0 Å². The maximum atomic E-state index is 12.0. The van der Waals surface area contributed by atoms with Crippen LogP contribution in [0.25, 0.3) is 5.65 Å². The van der Waals surface area contributed by atoms with Gasteiger partial charge >= 0.3 is 5.69 Å². The van der Waals surface area contributed by atoms with Crippen LogP contribution in [0.3, 0.4) is 0 Å². The molecule has 10 heteroatoms. The zero-order valence-electron chi connectivity index (χ0n) is 9.02. The predicted molar refractivity (Wildman–Crippen MR) is 64.1 cm³/mol. The van der Waals surface area contributed by atoms with Crippen LogP contribution in [0, 0.1) is 0 Å². The summed E-state index contributed by atoms with van der Waals surface area (Å²) in [4.78, 5) is 15.9. The zero-order chi connectivity index (χ0) is 12.5. The molecule has 0 aromatic carbocycles. The van der Waals surface area contributed by atoms with Crippen molar-refractivity contribution in [2.75, 3.05) is 5.43 Å². The second-order valence-corrected chi connectivity index (χ2v) is 4.19. The molecule has 18 heavy (non-hydrogen) atoms. The van der Waals surface area contributed by atoms with E-state index in [1.807, 2.05) is 0 Å². The van der Waals surface area contributed by atoms with Crippen molar-refractivity contribution in [2.45, 2.75) is 6.54 Å². The van der Waals surface area contributed by atoms with E-state index in [9.17, 15) is 4.79 Å². The van der Waals surface area contributed by atoms with Crippen molar-refractivity contribution in [1.82, 2.24) is 28.8 Å². The highest BCUT2D eigenvalue weighted by Crippen LogP contribution is 2.16. The second kappa shape index (κ2) is 4.16. The van der Waals surface area contributed by atoms with Crippen LogP contribution in [0.5, 0.6) is 0 Å². The summed E-state index contributed by atoms with van der Waals surface area (Å²) in [5, 5.41) is 8.64. The van der Waals surface area contributed by atoms with Gasteiger partial charge in [0.05, 0.1) is 12.7 Å². The topological polar surface area (TPSA) is 116 Å². The van der Waals surface area contributed by atoms with Crippen LogP contribution in [0.15, 0.2) is 23.4 Å². The van der Waals surface area contributed by atoms with Crippen LogP contribution in [0.4, 0.5) is 5.00 Å². The Morgan fingerprint density at radius 3 is 3.17 bits per heavy atom. The van der Waals surface area contributed by atoms with Gasteiger partial charge in [-0.1, -0.05) is 4.49 Å². The Balaban J connectivity index is 2.05. The third-order valence-corrected chi connectivity index (χ3v) is 3.07. The van der Waals surface area contributed by atoms with Gasteiger partial charge in [-0.15, -0.1) is 10.2 Å². The van der Waals surface area contributed by atoms with E-state index in [-0.39, 0.29) is 12.2 Å². The Morgan fingerprint density at radius 1 is 1.50 bits per heavy atom. The average Bonchev–Trinajstić information content (AvgIpc) is 2.96. The lowest BCUT2D eigenvalue weighted by molar-refractivity contribution is 0.645. The monoisotopic (exact) mass is 264 g/mol. The number of fused-ring (bicyclic) bond motifs is 1. The quantitative estimate of drug-likeness (QED) is 0.464. The van der Waals surface area contributed by atoms with E-state index in [0.29, 0.717) is 16.3 Å². The van der Waals surface area contributed by atoms with Gasteiger partial charge in [0.1, 0.15) is 10.7 Å². The van der Waals surface area contributed by atoms with Crippen LogP contribution in [0.2, 0.25) is 0 Å². The molecule has 0 saturated carbocycles. The van der Waals surface area contributed by atoms with E-state index < -0.39 is 0 Å². The molecule has 0 amide bonds. The smallest absolute Gasteiger partial charge is 0.313 e. The normalized spacial score (nSPS) is 10.9. The van der Waals surface area contributed by atoms with Gasteiger partial charge in [0.2, 0.25) is 0 Å². The number of rotatable bonds is 3. The van der Waals surface area contributed by atoms with E-state index in [1.54, 1.807) is 6.20 Å². The SMILES string of the molecule is NNc1snnc1Cn1nc2cnccn2c1=O. The molecule has 0 bridgehead atoms. The minimum Gasteiger partial charge on any atom is -0.313 e. The maximum absolute atomic E-state index is 12.0. The van der Waals surface area contributed by atoms with E-state index in [1.165, 1.54) is 21.5 Å². The molecule has 0 aliphatic rings. The molecule has 0 atom stereocenters. The molecule has 3 N–H and O–H groups in total. The first kappa shape index (κ1) is 10.8. The molecule has 92 valence electrons. The van der Waals surface area contributed by atoms with Gasteiger partial charge in [0.15, 0.2) is 5.65 Å². The summed E-state index contributed by atoms with van der Waals surface area (Å²) < 4.78 is 6.45. The lowest BCUT2D eigenvalue weighted by Crippen LogP contribution is -2.22. The van der Waals surface area contributed by atoms with E-state index in [4.69, 9.17) is 5.84 Å². The number of nitrogen functional groups attached to an aromatic ring is 1. The van der Waals surface area contributed by atoms with Gasteiger partial charge < -0.3 is 5.43 Å². The van der Waals surface area contributed by atoms with Gasteiger partial charge in [-0.2, -0.15) is 0 Å². The molecule has 0 saturated heterocycles. The zero-order valence-corrected chi connectivity index (χ0v) is 9.83. The third-order valence-electron chi connectivity index (χ3n) is 2.38. The molecular weight excluding hydrogens is 256 g/mol. The standard InChI is InChI=1S/C8H8N8OS/c9-11-7-5(12-14-18-7)4-16-8(17)15-2-1-10-3-6(15)13-16/h1-3,11H,4,9H2. The average molecular weight is 264 g/mol. The van der Waals surface area contributed by atoms with Crippen LogP contribution in [-0.4, -0.2) is 28.8 Å². The molecule has 3 rings (SSSR count). The molecular formula is C8H8N8OS. The summed E-state index contributed by atoms with van der Waals surface area (Å²) in [7, 11) is 0. The Morgan fingerprint density at radius 2 is 2.39 bits per heavy atom. The van der Waals surface area contributed by atoms with Crippen molar-refractivity contribution in [1.29, 1.82) is 0 Å². The molecule has 3 aromatic heterocycles. The molecule has 3 aromatic rings. The number of hydrogen-bond donors (Lipinski definition) is 2. The number of hydrogen-bond acceptors (Lipinski definition) is 8. The predicted octanol–water partition coefficient (Wildman–Crippen LogP) is -0.924. The highest BCUT2D eigenvalue weighted by atomic mass is 32.1. The molecule has 0 aliphatic heterocycles. The molecule has 0 unspecified atom stereocenters. The number of hydrazine groups is 1. The van der Waals surface area contributed by atoms with E-state index in [0.717, 1.165) is 11.5 Å². The van der Waals surface area contributed by atoms with Gasteiger partial charge in [0, 0.05) is 23.9 Å². The highest BCUT2D eigenvalue weighted by Gasteiger charge is 2.12. The van der Waals surface area contributed by atoms with Crippen molar-refractivity contribution in [2.24, 2.45) is 5.84 Å². The van der Waals surface area contributed by atoms with Crippen LogP contribution in [0.1, 0.15) is 5.69 Å². The first-order chi connectivity index (χ1) is 8.79. The van der Waals surface area contributed by atoms with Crippen molar-refractivity contribution >= 4 is 22.2 Å². The van der Waals surface area contributed by atoms with Gasteiger partial charge in [-0.25, -0.2) is 19.7 Å². The highest BCUT2D eigenvalue weighted by molar-refractivity contribution is 7.10. The number of nitrogens with one attached hydrogen (secondary N) is 1. The fraction of sp³-hybridized carbons (Fsp3) is 0.125. The number of nitrogens with two attached hydrogens (primary N) is 1.